The average Bonchev–Trinajstić information content (AvgIpc) is 2.18. The molecule has 0 fully saturated rings. The summed E-state index contributed by atoms with van der Waals surface area (Å²) in [5, 5.41) is 0. The second kappa shape index (κ2) is 4.54. The molecule has 0 aromatic heterocycles. The standard InChI is InChI=1S/C8H6F2NO4S/c1-15-11(5-12)16(13,14)8-3-2-6(9)4-7(8)10/h2-4H,1H3. The van der Waals surface area contributed by atoms with Crippen LogP contribution in [0.1, 0.15) is 0 Å². The lowest BCUT2D eigenvalue weighted by atomic mass is 10.3. The number of hydroxylamine groups is 1. The summed E-state index contributed by atoms with van der Waals surface area (Å²) in [7, 11) is -3.61. The highest BCUT2D eigenvalue weighted by Gasteiger charge is 2.27. The van der Waals surface area contributed by atoms with E-state index in [1.807, 2.05) is 0 Å². The number of benzene rings is 1. The highest BCUT2D eigenvalue weighted by molar-refractivity contribution is 7.89. The van der Waals surface area contributed by atoms with Crippen molar-refractivity contribution in [3.63, 3.8) is 0 Å². The average molecular weight is 250 g/mol. The van der Waals surface area contributed by atoms with Gasteiger partial charge in [-0.2, -0.15) is 8.42 Å². The second-order valence-corrected chi connectivity index (χ2v) is 4.30. The van der Waals surface area contributed by atoms with Crippen LogP contribution in [0.25, 0.3) is 0 Å². The first kappa shape index (κ1) is 12.5. The van der Waals surface area contributed by atoms with Gasteiger partial charge in [-0.05, 0) is 12.1 Å². The van der Waals surface area contributed by atoms with Crippen LogP contribution in [-0.2, 0) is 19.7 Å². The Hall–Kier alpha value is -1.54. The van der Waals surface area contributed by atoms with E-state index in [-0.39, 0.29) is 4.47 Å². The van der Waals surface area contributed by atoms with Gasteiger partial charge in [-0.3, -0.25) is 9.63 Å². The number of nitrogens with zero attached hydrogens (tertiary/aromatic N) is 1. The fraction of sp³-hybridized carbons (Fsp3) is 0.125. The van der Waals surface area contributed by atoms with Crippen molar-refractivity contribution in [2.45, 2.75) is 4.90 Å². The molecular formula is C8H6F2NO4S. The SMILES string of the molecule is CON([C]=O)S(=O)(=O)c1ccc(F)cc1F. The molecule has 16 heavy (non-hydrogen) atoms. The summed E-state index contributed by atoms with van der Waals surface area (Å²) in [6.07, 6.45) is 0.945. The lowest BCUT2D eigenvalue weighted by Gasteiger charge is -2.13. The van der Waals surface area contributed by atoms with Crippen LogP contribution in [0.2, 0.25) is 0 Å². The molecule has 1 rings (SSSR count). The molecule has 0 aliphatic carbocycles. The molecule has 0 saturated heterocycles. The fourth-order valence-electron chi connectivity index (χ4n) is 0.958. The smallest absolute Gasteiger partial charge is 0.260 e. The summed E-state index contributed by atoms with van der Waals surface area (Å²) >= 11 is 0. The monoisotopic (exact) mass is 250 g/mol. The predicted molar refractivity (Wildman–Crippen MR) is 48.1 cm³/mol. The molecule has 0 aliphatic heterocycles. The third-order valence-corrected chi connectivity index (χ3v) is 3.18. The van der Waals surface area contributed by atoms with Crippen molar-refractivity contribution in [2.24, 2.45) is 0 Å². The molecule has 5 nitrogen and oxygen atoms in total. The number of rotatable bonds is 4. The van der Waals surface area contributed by atoms with Crippen LogP contribution in [0.15, 0.2) is 23.1 Å². The molecule has 1 amide bonds. The second-order valence-electron chi connectivity index (χ2n) is 2.58. The Morgan fingerprint density at radius 1 is 1.38 bits per heavy atom. The number of amides is 1. The van der Waals surface area contributed by atoms with Crippen LogP contribution < -0.4 is 0 Å². The number of hydrogen-bond donors (Lipinski definition) is 0. The first-order valence-corrected chi connectivity index (χ1v) is 5.29. The molecule has 87 valence electrons. The summed E-state index contributed by atoms with van der Waals surface area (Å²) in [5.41, 5.74) is 0. The highest BCUT2D eigenvalue weighted by Crippen LogP contribution is 2.19. The van der Waals surface area contributed by atoms with Crippen LogP contribution in [-0.4, -0.2) is 26.4 Å². The Labute approximate surface area is 90.2 Å². The molecule has 0 atom stereocenters. The summed E-state index contributed by atoms with van der Waals surface area (Å²) in [6, 6.07) is 1.81. The minimum absolute atomic E-state index is 0.191. The van der Waals surface area contributed by atoms with Crippen LogP contribution >= 0.6 is 0 Å². The molecule has 0 N–H and O–H groups in total. The van der Waals surface area contributed by atoms with Crippen LogP contribution in [0.5, 0.6) is 0 Å². The minimum atomic E-state index is -4.50. The van der Waals surface area contributed by atoms with Crippen molar-refractivity contribution in [2.75, 3.05) is 7.11 Å². The number of hydrogen-bond acceptors (Lipinski definition) is 4. The van der Waals surface area contributed by atoms with Gasteiger partial charge in [0.1, 0.15) is 16.5 Å². The van der Waals surface area contributed by atoms with Gasteiger partial charge in [0.15, 0.2) is 0 Å². The van der Waals surface area contributed by atoms with Crippen molar-refractivity contribution in [1.29, 1.82) is 0 Å². The summed E-state index contributed by atoms with van der Waals surface area (Å²) in [5.74, 6) is -2.26. The minimum Gasteiger partial charge on any atom is -0.260 e. The summed E-state index contributed by atoms with van der Waals surface area (Å²) < 4.78 is 48.5. The van der Waals surface area contributed by atoms with Gasteiger partial charge < -0.3 is 0 Å². The molecule has 0 unspecified atom stereocenters. The maximum atomic E-state index is 13.1. The maximum Gasteiger partial charge on any atom is 0.353 e. The number of sulfonamides is 1. The normalized spacial score (nSPS) is 11.2. The van der Waals surface area contributed by atoms with Crippen molar-refractivity contribution >= 4 is 16.4 Å². The van der Waals surface area contributed by atoms with E-state index in [4.69, 9.17) is 0 Å². The van der Waals surface area contributed by atoms with Gasteiger partial charge in [-0.15, -0.1) is 0 Å². The Balaban J connectivity index is 3.32. The van der Waals surface area contributed by atoms with E-state index in [0.29, 0.717) is 12.1 Å². The Kier molecular flexibility index (Phi) is 3.55. The van der Waals surface area contributed by atoms with E-state index in [9.17, 15) is 22.0 Å². The van der Waals surface area contributed by atoms with Crippen LogP contribution in [0.3, 0.4) is 0 Å². The molecule has 1 aromatic carbocycles. The van der Waals surface area contributed by atoms with Gasteiger partial charge in [0.25, 0.3) is 10.0 Å². The Morgan fingerprint density at radius 3 is 2.44 bits per heavy atom. The van der Waals surface area contributed by atoms with Gasteiger partial charge in [0, 0.05) is 6.07 Å². The Bertz CT molecular complexity index is 503. The van der Waals surface area contributed by atoms with Gasteiger partial charge in [-0.25, -0.2) is 8.78 Å². The fourth-order valence-corrected chi connectivity index (χ4v) is 1.98. The van der Waals surface area contributed by atoms with Crippen molar-refractivity contribution in [1.82, 2.24) is 4.47 Å². The largest absolute Gasteiger partial charge is 0.353 e. The Morgan fingerprint density at radius 2 is 2.00 bits per heavy atom. The zero-order valence-electron chi connectivity index (χ0n) is 7.98. The molecular weight excluding hydrogens is 244 g/mol. The van der Waals surface area contributed by atoms with E-state index in [0.717, 1.165) is 19.6 Å². The first-order valence-electron chi connectivity index (χ1n) is 3.85. The lowest BCUT2D eigenvalue weighted by molar-refractivity contribution is 0.0127. The topological polar surface area (TPSA) is 63.7 Å². The quantitative estimate of drug-likeness (QED) is 0.579. The van der Waals surface area contributed by atoms with Gasteiger partial charge in [0.05, 0.1) is 7.11 Å². The lowest BCUT2D eigenvalue weighted by Crippen LogP contribution is -2.29. The summed E-state index contributed by atoms with van der Waals surface area (Å²) in [4.78, 5) is 13.5. The molecule has 0 spiro atoms. The molecule has 1 radical (unpaired) electrons. The molecule has 1 aromatic rings. The van der Waals surface area contributed by atoms with E-state index >= 15 is 0 Å². The van der Waals surface area contributed by atoms with Gasteiger partial charge in [-0.1, -0.05) is 4.47 Å². The molecule has 0 saturated carbocycles. The van der Waals surface area contributed by atoms with Crippen LogP contribution in [0.4, 0.5) is 8.78 Å². The molecule has 0 aliphatic rings. The summed E-state index contributed by atoms with van der Waals surface area (Å²) in [6.45, 7) is 0. The van der Waals surface area contributed by atoms with Crippen molar-refractivity contribution in [3.8, 4) is 0 Å². The molecule has 0 heterocycles. The van der Waals surface area contributed by atoms with E-state index in [2.05, 4.69) is 4.84 Å². The predicted octanol–water partition coefficient (Wildman–Crippen LogP) is 0.584. The zero-order valence-corrected chi connectivity index (χ0v) is 8.79. The maximum absolute atomic E-state index is 13.1. The first-order chi connectivity index (χ1) is 7.43. The zero-order chi connectivity index (χ0) is 12.3. The van der Waals surface area contributed by atoms with Crippen molar-refractivity contribution < 1.29 is 26.8 Å². The third-order valence-electron chi connectivity index (χ3n) is 1.63. The number of halogens is 2. The van der Waals surface area contributed by atoms with Gasteiger partial charge >= 0.3 is 6.41 Å². The van der Waals surface area contributed by atoms with Crippen LogP contribution in [0, 0.1) is 11.6 Å². The molecule has 8 heteroatoms. The third kappa shape index (κ3) is 2.17. The van der Waals surface area contributed by atoms with E-state index in [1.54, 1.807) is 0 Å². The van der Waals surface area contributed by atoms with Crippen molar-refractivity contribution in [3.05, 3.63) is 29.8 Å². The van der Waals surface area contributed by atoms with E-state index < -0.39 is 26.6 Å². The van der Waals surface area contributed by atoms with E-state index in [1.165, 1.54) is 0 Å². The van der Waals surface area contributed by atoms with Gasteiger partial charge in [0.2, 0.25) is 0 Å². The molecule has 0 bridgehead atoms. The number of carbonyl (C=O) groups excluding carboxylic acids is 1. The highest BCUT2D eigenvalue weighted by atomic mass is 32.2.